The van der Waals surface area contributed by atoms with Crippen LogP contribution in [0, 0.1) is 5.92 Å². The van der Waals surface area contributed by atoms with Crippen molar-refractivity contribution in [3.8, 4) is 0 Å². The lowest BCUT2D eigenvalue weighted by atomic mass is 10.0. The van der Waals surface area contributed by atoms with Crippen LogP contribution in [0.4, 0.5) is 0 Å². The highest BCUT2D eigenvalue weighted by atomic mass is 35.5. The number of H-pyrrole nitrogens is 1. The van der Waals surface area contributed by atoms with E-state index in [1.807, 2.05) is 6.92 Å². The highest BCUT2D eigenvalue weighted by Crippen LogP contribution is 2.33. The molecule has 1 unspecified atom stereocenters. The Bertz CT molecular complexity index is 965. The van der Waals surface area contributed by atoms with Gasteiger partial charge in [-0.15, -0.1) is 0 Å². The molecule has 0 amide bonds. The lowest BCUT2D eigenvalue weighted by molar-refractivity contribution is 0.237. The molecule has 0 aliphatic rings. The molecule has 0 saturated heterocycles. The summed E-state index contributed by atoms with van der Waals surface area (Å²) in [6.45, 7) is 1.86. The molecule has 0 saturated carbocycles. The minimum absolute atomic E-state index is 0.0158. The van der Waals surface area contributed by atoms with E-state index in [2.05, 4.69) is 4.98 Å². The van der Waals surface area contributed by atoms with E-state index in [9.17, 15) is 13.5 Å². The van der Waals surface area contributed by atoms with Crippen molar-refractivity contribution in [2.45, 2.75) is 23.3 Å². The van der Waals surface area contributed by atoms with Gasteiger partial charge in [0, 0.05) is 22.5 Å². The zero-order chi connectivity index (χ0) is 17.3. The predicted octanol–water partition coefficient (Wildman–Crippen LogP) is 3.83. The molecular weight excluding hydrogens is 346 g/mol. The average Bonchev–Trinajstić information content (AvgIpc) is 2.94. The van der Waals surface area contributed by atoms with Gasteiger partial charge in [-0.2, -0.15) is 0 Å². The lowest BCUT2D eigenvalue weighted by Crippen LogP contribution is -2.10. The smallest absolute Gasteiger partial charge is 0.222 e. The molecule has 4 nitrogen and oxygen atoms in total. The van der Waals surface area contributed by atoms with E-state index in [4.69, 9.17) is 11.6 Å². The molecule has 1 atom stereocenters. The van der Waals surface area contributed by atoms with E-state index in [0.29, 0.717) is 22.5 Å². The summed E-state index contributed by atoms with van der Waals surface area (Å²) in [5.41, 5.74) is 1.38. The van der Waals surface area contributed by atoms with Gasteiger partial charge in [0.1, 0.15) is 5.03 Å². The molecule has 24 heavy (non-hydrogen) atoms. The molecular formula is C18H18ClNO3S. The summed E-state index contributed by atoms with van der Waals surface area (Å²) in [5.74, 6) is -0.0623. The fraction of sp³-hybridized carbons (Fsp3) is 0.222. The number of aliphatic hydroxyl groups is 1. The van der Waals surface area contributed by atoms with Crippen LogP contribution < -0.4 is 0 Å². The van der Waals surface area contributed by atoms with Gasteiger partial charge in [0.25, 0.3) is 0 Å². The number of aromatic nitrogens is 1. The second-order valence-corrected chi connectivity index (χ2v) is 8.25. The van der Waals surface area contributed by atoms with Crippen molar-refractivity contribution in [1.29, 1.82) is 0 Å². The molecule has 0 aliphatic carbocycles. The Morgan fingerprint density at radius 1 is 1.17 bits per heavy atom. The van der Waals surface area contributed by atoms with E-state index in [-0.39, 0.29) is 22.4 Å². The van der Waals surface area contributed by atoms with Crippen LogP contribution in [0.15, 0.2) is 58.5 Å². The first kappa shape index (κ1) is 17.0. The van der Waals surface area contributed by atoms with Gasteiger partial charge >= 0.3 is 0 Å². The number of hydrogen-bond acceptors (Lipinski definition) is 3. The molecule has 1 aromatic heterocycles. The van der Waals surface area contributed by atoms with Crippen molar-refractivity contribution < 1.29 is 13.5 Å². The number of sulfone groups is 1. The third kappa shape index (κ3) is 3.07. The van der Waals surface area contributed by atoms with Gasteiger partial charge < -0.3 is 10.1 Å². The molecule has 2 aromatic carbocycles. The Morgan fingerprint density at radius 3 is 2.54 bits per heavy atom. The van der Waals surface area contributed by atoms with E-state index >= 15 is 0 Å². The van der Waals surface area contributed by atoms with Crippen LogP contribution in [-0.4, -0.2) is 25.1 Å². The summed E-state index contributed by atoms with van der Waals surface area (Å²) in [6.07, 6.45) is 0.443. The van der Waals surface area contributed by atoms with E-state index in [0.717, 1.165) is 5.39 Å². The third-order valence-corrected chi connectivity index (χ3v) is 6.03. The maximum Gasteiger partial charge on any atom is 0.222 e. The number of aliphatic hydroxyl groups excluding tert-OH is 1. The summed E-state index contributed by atoms with van der Waals surface area (Å²) in [5, 5.41) is 10.9. The van der Waals surface area contributed by atoms with E-state index in [1.165, 1.54) is 0 Å². The summed E-state index contributed by atoms with van der Waals surface area (Å²) in [7, 11) is -3.68. The van der Waals surface area contributed by atoms with Crippen molar-refractivity contribution >= 4 is 32.3 Å². The van der Waals surface area contributed by atoms with Gasteiger partial charge in [-0.05, 0) is 48.2 Å². The Hall–Kier alpha value is -1.82. The van der Waals surface area contributed by atoms with Crippen LogP contribution in [0.2, 0.25) is 5.02 Å². The largest absolute Gasteiger partial charge is 0.396 e. The fourth-order valence-electron chi connectivity index (χ4n) is 2.76. The van der Waals surface area contributed by atoms with E-state index in [1.54, 1.807) is 48.5 Å². The summed E-state index contributed by atoms with van der Waals surface area (Å²) < 4.78 is 26.1. The molecule has 0 radical (unpaired) electrons. The number of fused-ring (bicyclic) bond motifs is 1. The zero-order valence-electron chi connectivity index (χ0n) is 13.2. The molecule has 0 fully saturated rings. The van der Waals surface area contributed by atoms with Gasteiger partial charge in [0.05, 0.1) is 4.90 Å². The minimum atomic E-state index is -3.68. The van der Waals surface area contributed by atoms with Gasteiger partial charge in [0.2, 0.25) is 9.84 Å². The van der Waals surface area contributed by atoms with Crippen LogP contribution >= 0.6 is 11.6 Å². The molecule has 3 rings (SSSR count). The van der Waals surface area contributed by atoms with Crippen molar-refractivity contribution in [3.05, 3.63) is 59.1 Å². The summed E-state index contributed by atoms with van der Waals surface area (Å²) in [6, 6.07) is 13.6. The van der Waals surface area contributed by atoms with Crippen LogP contribution in [-0.2, 0) is 16.3 Å². The quantitative estimate of drug-likeness (QED) is 0.723. The molecule has 0 bridgehead atoms. The maximum atomic E-state index is 13.1. The zero-order valence-corrected chi connectivity index (χ0v) is 14.7. The molecule has 3 aromatic rings. The third-order valence-electron chi connectivity index (χ3n) is 4.02. The number of halogens is 1. The second-order valence-electron chi connectivity index (χ2n) is 5.93. The van der Waals surface area contributed by atoms with Gasteiger partial charge in [-0.1, -0.05) is 36.7 Å². The van der Waals surface area contributed by atoms with Crippen molar-refractivity contribution in [2.75, 3.05) is 6.61 Å². The molecule has 0 spiro atoms. The van der Waals surface area contributed by atoms with Crippen LogP contribution in [0.1, 0.15) is 12.5 Å². The standard InChI is InChI=1S/C18H18ClNO3S/c1-12(11-21)9-16-15-10-13(19)7-8-17(15)20-18(16)24(22,23)14-5-3-2-4-6-14/h2-8,10,12,20-21H,9,11H2,1H3. The number of benzene rings is 2. The molecule has 6 heteroatoms. The Balaban J connectivity index is 2.25. The van der Waals surface area contributed by atoms with E-state index < -0.39 is 9.84 Å². The Labute approximate surface area is 146 Å². The maximum absolute atomic E-state index is 13.1. The van der Waals surface area contributed by atoms with Crippen LogP contribution in [0.25, 0.3) is 10.9 Å². The predicted molar refractivity (Wildman–Crippen MR) is 95.2 cm³/mol. The summed E-state index contributed by atoms with van der Waals surface area (Å²) >= 11 is 6.09. The van der Waals surface area contributed by atoms with Crippen LogP contribution in [0.5, 0.6) is 0 Å². The van der Waals surface area contributed by atoms with Gasteiger partial charge in [-0.3, -0.25) is 0 Å². The molecule has 0 aliphatic heterocycles. The normalized spacial score (nSPS) is 13.3. The lowest BCUT2D eigenvalue weighted by Gasteiger charge is -2.10. The first-order valence-corrected chi connectivity index (χ1v) is 9.50. The molecule has 1 heterocycles. The highest BCUT2D eigenvalue weighted by molar-refractivity contribution is 7.91. The van der Waals surface area contributed by atoms with Gasteiger partial charge in [-0.25, -0.2) is 8.42 Å². The SMILES string of the molecule is CC(CO)Cc1c(S(=O)(=O)c2ccccc2)[nH]c2ccc(Cl)cc12. The second kappa shape index (κ2) is 6.59. The topological polar surface area (TPSA) is 70.2 Å². The van der Waals surface area contributed by atoms with Crippen molar-refractivity contribution in [2.24, 2.45) is 5.92 Å². The first-order valence-electron chi connectivity index (χ1n) is 7.64. The Kier molecular flexibility index (Phi) is 4.67. The van der Waals surface area contributed by atoms with Crippen LogP contribution in [0.3, 0.4) is 0 Å². The minimum Gasteiger partial charge on any atom is -0.396 e. The van der Waals surface area contributed by atoms with Gasteiger partial charge in [0.15, 0.2) is 0 Å². The fourth-order valence-corrected chi connectivity index (χ4v) is 4.44. The highest BCUT2D eigenvalue weighted by Gasteiger charge is 2.26. The first-order chi connectivity index (χ1) is 11.4. The van der Waals surface area contributed by atoms with Crippen molar-refractivity contribution in [1.82, 2.24) is 4.98 Å². The number of aromatic amines is 1. The molecule has 126 valence electrons. The number of rotatable bonds is 5. The monoisotopic (exact) mass is 363 g/mol. The number of hydrogen-bond donors (Lipinski definition) is 2. The summed E-state index contributed by atoms with van der Waals surface area (Å²) in [4.78, 5) is 3.27. The number of nitrogens with one attached hydrogen (secondary N) is 1. The average molecular weight is 364 g/mol. The van der Waals surface area contributed by atoms with Crippen molar-refractivity contribution in [3.63, 3.8) is 0 Å². The molecule has 2 N–H and O–H groups in total. The Morgan fingerprint density at radius 2 is 1.88 bits per heavy atom.